The first kappa shape index (κ1) is 27.5. The van der Waals surface area contributed by atoms with Crippen LogP contribution in [0.2, 0.25) is 0 Å². The van der Waals surface area contributed by atoms with Crippen molar-refractivity contribution in [2.45, 2.75) is 12.8 Å². The van der Waals surface area contributed by atoms with Gasteiger partial charge in [0.05, 0.1) is 26.4 Å². The lowest BCUT2D eigenvalue weighted by Gasteiger charge is -2.17. The molecule has 1 aliphatic heterocycles. The summed E-state index contributed by atoms with van der Waals surface area (Å²) in [4.78, 5) is 13.6. The second-order valence-corrected chi connectivity index (χ2v) is 7.13. The topological polar surface area (TPSA) is 175 Å². The second kappa shape index (κ2) is 12.6. The molecule has 12 heteroatoms. The van der Waals surface area contributed by atoms with Crippen LogP contribution in [0.25, 0.3) is 0 Å². The Morgan fingerprint density at radius 1 is 0.889 bits per heavy atom. The zero-order valence-electron chi connectivity index (χ0n) is 19.3. The second-order valence-electron chi connectivity index (χ2n) is 7.13. The van der Waals surface area contributed by atoms with Gasteiger partial charge in [-0.25, -0.2) is 9.74 Å². The lowest BCUT2D eigenvalue weighted by molar-refractivity contribution is -0.0788. The molecule has 0 saturated heterocycles. The number of benzene rings is 3. The molecule has 0 radical (unpaired) electrons. The Morgan fingerprint density at radius 3 is 2.11 bits per heavy atom. The van der Waals surface area contributed by atoms with E-state index >= 15 is 0 Å². The third-order valence-electron chi connectivity index (χ3n) is 4.76. The number of para-hydroxylation sites is 1. The highest BCUT2D eigenvalue weighted by molar-refractivity contribution is 5.90. The van der Waals surface area contributed by atoms with Crippen LogP contribution in [-0.2, 0) is 11.4 Å². The monoisotopic (exact) mass is 508 g/mol. The van der Waals surface area contributed by atoms with Gasteiger partial charge in [0.25, 0.3) is 0 Å². The number of carbonyl (C=O) groups excluding carboxylic acids is 1. The fraction of sp³-hybridized carbons (Fsp3) is 0.208. The molecule has 0 spiro atoms. The summed E-state index contributed by atoms with van der Waals surface area (Å²) in [6, 6.07) is 9.25. The number of rotatable bonds is 3. The molecule has 0 unspecified atom stereocenters. The van der Waals surface area contributed by atoms with Crippen molar-refractivity contribution in [1.29, 1.82) is 0 Å². The lowest BCUT2D eigenvalue weighted by Crippen LogP contribution is -2.07. The Bertz CT molecular complexity index is 1170. The van der Waals surface area contributed by atoms with Crippen molar-refractivity contribution in [2.75, 3.05) is 20.8 Å². The molecule has 11 nitrogen and oxygen atoms in total. The van der Waals surface area contributed by atoms with E-state index in [9.17, 15) is 24.6 Å². The van der Waals surface area contributed by atoms with Crippen molar-refractivity contribution in [3.8, 4) is 51.7 Å². The quantitative estimate of drug-likeness (QED) is 0.285. The zero-order valence-corrected chi connectivity index (χ0v) is 19.3. The number of carbonyl (C=O) groups is 1. The van der Waals surface area contributed by atoms with E-state index in [4.69, 9.17) is 24.8 Å². The number of phenols is 6. The highest BCUT2D eigenvalue weighted by Gasteiger charge is 2.16. The molecular formula is C24H25FO11. The molecule has 0 bridgehead atoms. The molecule has 1 aliphatic rings. The molecule has 0 saturated carbocycles. The Labute approximate surface area is 204 Å². The number of ether oxygens (including phenoxy) is 3. The normalized spacial score (nSPS) is 11.3. The van der Waals surface area contributed by atoms with Gasteiger partial charge in [-0.1, -0.05) is 6.07 Å². The maximum atomic E-state index is 11.5. The van der Waals surface area contributed by atoms with Crippen LogP contribution in [-0.4, -0.2) is 57.4 Å². The van der Waals surface area contributed by atoms with Gasteiger partial charge >= 0.3 is 5.97 Å². The summed E-state index contributed by atoms with van der Waals surface area (Å²) in [5.74, 6) is -1.78. The summed E-state index contributed by atoms with van der Waals surface area (Å²) in [7, 11) is 2.65. The molecule has 0 amide bonds. The van der Waals surface area contributed by atoms with Gasteiger partial charge in [-0.2, -0.15) is 0 Å². The van der Waals surface area contributed by atoms with Gasteiger partial charge in [0.1, 0.15) is 17.2 Å². The predicted octanol–water partition coefficient (Wildman–Crippen LogP) is 3.68. The van der Waals surface area contributed by atoms with Crippen LogP contribution in [0.4, 0.5) is 4.53 Å². The third kappa shape index (κ3) is 6.88. The van der Waals surface area contributed by atoms with Crippen molar-refractivity contribution in [1.82, 2.24) is 0 Å². The molecule has 6 N–H and O–H groups in total. The highest BCUT2D eigenvalue weighted by Crippen LogP contribution is 2.37. The first-order valence-electron chi connectivity index (χ1n) is 10.3. The highest BCUT2D eigenvalue weighted by atomic mass is 19.3. The minimum absolute atomic E-state index is 0.0492. The Balaban J connectivity index is 0.000000193. The van der Waals surface area contributed by atoms with Crippen LogP contribution in [0.1, 0.15) is 22.3 Å². The molecule has 0 aliphatic carbocycles. The maximum absolute atomic E-state index is 11.5. The molecule has 36 heavy (non-hydrogen) atoms. The van der Waals surface area contributed by atoms with Gasteiger partial charge in [0, 0.05) is 22.2 Å². The summed E-state index contributed by atoms with van der Waals surface area (Å²) in [6.07, 6.45) is 1.74. The van der Waals surface area contributed by atoms with Crippen molar-refractivity contribution in [3.63, 3.8) is 0 Å². The minimum Gasteiger partial charge on any atom is -0.508 e. The van der Waals surface area contributed by atoms with Crippen LogP contribution in [0.3, 0.4) is 0 Å². The predicted molar refractivity (Wildman–Crippen MR) is 123 cm³/mol. The van der Waals surface area contributed by atoms with Crippen molar-refractivity contribution in [3.05, 3.63) is 53.6 Å². The first-order valence-corrected chi connectivity index (χ1v) is 10.3. The van der Waals surface area contributed by atoms with Crippen molar-refractivity contribution in [2.24, 2.45) is 0 Å². The van der Waals surface area contributed by atoms with Crippen LogP contribution in [0.15, 0.2) is 42.5 Å². The van der Waals surface area contributed by atoms with Crippen molar-refractivity contribution >= 4 is 5.97 Å². The molecule has 3 aromatic carbocycles. The molecule has 194 valence electrons. The number of aromatic hydroxyl groups is 6. The SMILES string of the molecule is COc1c(O)cc(C(=O)OF)cc1O.COc1cccc(O)c1O.Oc1cc(O)c2c(c1)OCCC2. The molecule has 0 fully saturated rings. The largest absolute Gasteiger partial charge is 0.508 e. The van der Waals surface area contributed by atoms with Gasteiger partial charge in [0.2, 0.25) is 5.75 Å². The van der Waals surface area contributed by atoms with E-state index in [-0.39, 0.29) is 40.1 Å². The number of halogens is 1. The van der Waals surface area contributed by atoms with Crippen LogP contribution in [0.5, 0.6) is 51.7 Å². The molecule has 3 aromatic rings. The number of phenolic OH excluding ortho intramolecular Hbond substituents is 6. The standard InChI is InChI=1S/C9H10O3.C8H7FO5.C7H8O3/c10-6-4-8(11)7-2-1-3-12-9(7)5-6;1-13-7-5(10)2-4(3-6(7)11)8(12)14-9;1-10-6-4-2-3-5(8)7(6)9/h4-5,10-11H,1-3H2;2-3,10-11H,1H3;2-4,8-9H,1H3. The van der Waals surface area contributed by atoms with E-state index in [0.717, 1.165) is 30.5 Å². The Kier molecular flexibility index (Phi) is 9.66. The lowest BCUT2D eigenvalue weighted by atomic mass is 10.1. The Morgan fingerprint density at radius 2 is 1.56 bits per heavy atom. The fourth-order valence-electron chi connectivity index (χ4n) is 3.07. The van der Waals surface area contributed by atoms with E-state index in [0.29, 0.717) is 12.4 Å². The molecule has 0 aromatic heterocycles. The van der Waals surface area contributed by atoms with Crippen LogP contribution < -0.4 is 14.2 Å². The summed E-state index contributed by atoms with van der Waals surface area (Å²) >= 11 is 0. The van der Waals surface area contributed by atoms with Gasteiger partial charge in [0.15, 0.2) is 28.7 Å². The summed E-state index contributed by atoms with van der Waals surface area (Å²) in [5, 5.41) is 54.9. The number of methoxy groups -OCH3 is 2. The summed E-state index contributed by atoms with van der Waals surface area (Å²) in [6.45, 7) is 0.663. The van der Waals surface area contributed by atoms with Crippen LogP contribution in [0, 0.1) is 0 Å². The van der Waals surface area contributed by atoms with E-state index in [1.807, 2.05) is 0 Å². The molecule has 4 rings (SSSR count). The molecular weight excluding hydrogens is 483 g/mol. The molecule has 1 heterocycles. The van der Waals surface area contributed by atoms with Crippen molar-refractivity contribution < 1.29 is 59.1 Å². The fourth-order valence-corrected chi connectivity index (χ4v) is 3.07. The van der Waals surface area contributed by atoms with E-state index in [1.165, 1.54) is 32.4 Å². The number of fused-ring (bicyclic) bond motifs is 1. The number of hydrogen-bond donors (Lipinski definition) is 6. The van der Waals surface area contributed by atoms with E-state index in [2.05, 4.69) is 9.68 Å². The van der Waals surface area contributed by atoms with Gasteiger partial charge in [-0.05, 0) is 37.1 Å². The summed E-state index contributed by atoms with van der Waals surface area (Å²) < 4.78 is 26.1. The van der Waals surface area contributed by atoms with E-state index < -0.39 is 17.5 Å². The van der Waals surface area contributed by atoms with Crippen LogP contribution >= 0.6 is 0 Å². The summed E-state index contributed by atoms with van der Waals surface area (Å²) in [5.41, 5.74) is 0.488. The Hall–Kier alpha value is -4.74. The maximum Gasteiger partial charge on any atom is 0.379 e. The smallest absolute Gasteiger partial charge is 0.379 e. The minimum atomic E-state index is -1.31. The average molecular weight is 508 g/mol. The van der Waals surface area contributed by atoms with Gasteiger partial charge in [-0.15, -0.1) is 0 Å². The van der Waals surface area contributed by atoms with E-state index in [1.54, 1.807) is 12.1 Å². The first-order chi connectivity index (χ1) is 17.1. The third-order valence-corrected chi connectivity index (χ3v) is 4.76. The van der Waals surface area contributed by atoms with Gasteiger partial charge < -0.3 is 44.8 Å². The number of hydrogen-bond acceptors (Lipinski definition) is 11. The zero-order chi connectivity index (χ0) is 26.8. The molecule has 0 atom stereocenters. The average Bonchev–Trinajstić information content (AvgIpc) is 2.85. The van der Waals surface area contributed by atoms with Gasteiger partial charge in [-0.3, -0.25) is 0 Å².